The maximum atomic E-state index is 8.40. The number of rotatable bonds is 0. The molecule has 0 heterocycles. The van der Waals surface area contributed by atoms with Crippen LogP contribution >= 0.6 is 0 Å². The third-order valence-electron chi connectivity index (χ3n) is 0. The van der Waals surface area contributed by atoms with Gasteiger partial charge in [-0.1, -0.05) is 0 Å². The van der Waals surface area contributed by atoms with E-state index in [2.05, 4.69) is 0 Å². The van der Waals surface area contributed by atoms with Crippen LogP contribution in [0.2, 0.25) is 0 Å². The van der Waals surface area contributed by atoms with Gasteiger partial charge in [0.2, 0.25) is 0 Å². The van der Waals surface area contributed by atoms with Gasteiger partial charge < -0.3 is 0 Å². The molecular weight excluding hydrogens is 452 g/mol. The molecule has 0 unspecified atom stereocenters. The molecule has 0 aliphatic heterocycles. The van der Waals surface area contributed by atoms with Gasteiger partial charge in [0.25, 0.3) is 0 Å². The Morgan fingerprint density at radius 3 is 1.20 bits per heavy atom. The summed E-state index contributed by atoms with van der Waals surface area (Å²) < 4.78 is 16.8. The van der Waals surface area contributed by atoms with Crippen molar-refractivity contribution in [2.75, 3.05) is 0 Å². The van der Waals surface area contributed by atoms with E-state index in [1.807, 2.05) is 0 Å². The van der Waals surface area contributed by atoms with Gasteiger partial charge in [0.05, 0.1) is 0 Å². The Morgan fingerprint density at radius 1 is 1.20 bits per heavy atom. The van der Waals surface area contributed by atoms with E-state index in [0.29, 0.717) is 0 Å². The molecule has 5 heavy (non-hydrogen) atoms. The Balaban J connectivity index is -0.0000000200. The SMILES string of the molecule is O=[Si]=O.[Au].[Pt]. The molecular formula is AuO2PtSi. The molecule has 0 bridgehead atoms. The molecule has 0 atom stereocenters. The second kappa shape index (κ2) is 18.8. The van der Waals surface area contributed by atoms with E-state index in [0.717, 1.165) is 0 Å². The summed E-state index contributed by atoms with van der Waals surface area (Å²) in [5, 5.41) is 0. The molecule has 0 aromatic heterocycles. The van der Waals surface area contributed by atoms with Gasteiger partial charge in [0.1, 0.15) is 0 Å². The zero-order valence-corrected chi connectivity index (χ0v) is 7.37. The summed E-state index contributed by atoms with van der Waals surface area (Å²) in [6, 6.07) is 0. The normalized spacial score (nSPS) is 1.60. The maximum Gasteiger partial charge on any atom is 0.549 e. The summed E-state index contributed by atoms with van der Waals surface area (Å²) in [5.74, 6) is 0. The summed E-state index contributed by atoms with van der Waals surface area (Å²) in [7, 11) is -1.42. The van der Waals surface area contributed by atoms with Crippen LogP contribution in [0, 0.1) is 0 Å². The van der Waals surface area contributed by atoms with Crippen LogP contribution in [0.5, 0.6) is 0 Å². The minimum Gasteiger partial charge on any atom is -0.274 e. The van der Waals surface area contributed by atoms with Crippen molar-refractivity contribution in [3.05, 3.63) is 0 Å². The zero-order valence-electron chi connectivity index (χ0n) is 1.93. The quantitative estimate of drug-likeness (QED) is 0.460. The van der Waals surface area contributed by atoms with Crippen molar-refractivity contribution in [3.8, 4) is 0 Å². The Morgan fingerprint density at radius 2 is 1.20 bits per heavy atom. The van der Waals surface area contributed by atoms with Crippen LogP contribution in [-0.4, -0.2) is 9.29 Å². The predicted octanol–water partition coefficient (Wildman–Crippen LogP) is -0.623. The van der Waals surface area contributed by atoms with Gasteiger partial charge in [0.15, 0.2) is 0 Å². The van der Waals surface area contributed by atoms with Gasteiger partial charge in [-0.3, -0.25) is 8.92 Å². The molecule has 0 aliphatic carbocycles. The second-order valence-electron chi connectivity index (χ2n) is 0.0833. The fraction of sp³-hybridized carbons (Fsp3) is 0. The molecule has 0 saturated heterocycles. The van der Waals surface area contributed by atoms with Gasteiger partial charge in [-0.05, 0) is 0 Å². The molecule has 0 aliphatic rings. The molecule has 0 saturated carbocycles. The molecule has 0 fully saturated rings. The average molecular weight is 452 g/mol. The molecule has 0 amide bonds. The third-order valence-corrected chi connectivity index (χ3v) is 0. The van der Waals surface area contributed by atoms with E-state index in [4.69, 9.17) is 8.92 Å². The monoisotopic (exact) mass is 452 g/mol. The summed E-state index contributed by atoms with van der Waals surface area (Å²) in [5.41, 5.74) is 0. The van der Waals surface area contributed by atoms with Crippen LogP contribution in [0.25, 0.3) is 0 Å². The Labute approximate surface area is 61.4 Å². The Kier molecular flexibility index (Phi) is 61.2. The van der Waals surface area contributed by atoms with Crippen LogP contribution in [0.15, 0.2) is 0 Å². The van der Waals surface area contributed by atoms with Crippen molar-refractivity contribution in [3.63, 3.8) is 0 Å². The molecule has 1 radical (unpaired) electrons. The third kappa shape index (κ3) is 35.6. The molecule has 5 heteroatoms. The van der Waals surface area contributed by atoms with Gasteiger partial charge in [-0.15, -0.1) is 0 Å². The van der Waals surface area contributed by atoms with Crippen LogP contribution < -0.4 is 0 Å². The molecule has 0 N–H and O–H groups in total. The van der Waals surface area contributed by atoms with E-state index in [9.17, 15) is 0 Å². The first-order chi connectivity index (χ1) is 1.41. The van der Waals surface area contributed by atoms with Crippen molar-refractivity contribution < 1.29 is 52.4 Å². The molecule has 2 nitrogen and oxygen atoms in total. The summed E-state index contributed by atoms with van der Waals surface area (Å²) in [4.78, 5) is 0. The fourth-order valence-electron chi connectivity index (χ4n) is 0. The molecule has 0 rings (SSSR count). The molecule has 0 spiro atoms. The van der Waals surface area contributed by atoms with Crippen molar-refractivity contribution in [1.82, 2.24) is 0 Å². The second-order valence-corrected chi connectivity index (χ2v) is 0.250. The fourth-order valence-corrected chi connectivity index (χ4v) is 0. The maximum absolute atomic E-state index is 8.40. The first-order valence-corrected chi connectivity index (χ1v) is 1.22. The van der Waals surface area contributed by atoms with Gasteiger partial charge >= 0.3 is 9.29 Å². The van der Waals surface area contributed by atoms with Gasteiger partial charge in [-0.2, -0.15) is 0 Å². The van der Waals surface area contributed by atoms with Crippen LogP contribution in [0.3, 0.4) is 0 Å². The summed E-state index contributed by atoms with van der Waals surface area (Å²) in [6.07, 6.45) is 0. The van der Waals surface area contributed by atoms with E-state index in [1.54, 1.807) is 0 Å². The summed E-state index contributed by atoms with van der Waals surface area (Å²) >= 11 is 0. The van der Waals surface area contributed by atoms with Crippen molar-refractivity contribution >= 4 is 9.29 Å². The number of hydrogen-bond donors (Lipinski definition) is 0. The first-order valence-electron chi connectivity index (χ1n) is 0.408. The summed E-state index contributed by atoms with van der Waals surface area (Å²) in [6.45, 7) is 0. The largest absolute Gasteiger partial charge is 0.549 e. The zero-order chi connectivity index (χ0) is 2.71. The van der Waals surface area contributed by atoms with E-state index < -0.39 is 9.29 Å². The standard InChI is InChI=1S/Au.O2Si.Pt/c;1-3-2;. The van der Waals surface area contributed by atoms with E-state index in [1.165, 1.54) is 0 Å². The molecule has 0 aromatic carbocycles. The van der Waals surface area contributed by atoms with Crippen LogP contribution in [-0.2, 0) is 52.4 Å². The first kappa shape index (κ1) is 16.3. The van der Waals surface area contributed by atoms with Crippen LogP contribution in [0.4, 0.5) is 0 Å². The van der Waals surface area contributed by atoms with Crippen molar-refractivity contribution in [2.45, 2.75) is 0 Å². The Hall–Kier alpha value is 1.25. The average Bonchev–Trinajstić information content (AvgIpc) is 0.918. The van der Waals surface area contributed by atoms with Crippen molar-refractivity contribution in [2.24, 2.45) is 0 Å². The van der Waals surface area contributed by atoms with E-state index in [-0.39, 0.29) is 43.4 Å². The van der Waals surface area contributed by atoms with Gasteiger partial charge in [0, 0.05) is 43.4 Å². The van der Waals surface area contributed by atoms with Crippen molar-refractivity contribution in [1.29, 1.82) is 0 Å². The minimum atomic E-state index is -1.42. The molecule has 37 valence electrons. The van der Waals surface area contributed by atoms with Crippen LogP contribution in [0.1, 0.15) is 0 Å². The smallest absolute Gasteiger partial charge is 0.274 e. The Bertz CT molecular complexity index is 30.6. The topological polar surface area (TPSA) is 34.1 Å². The number of hydrogen-bond acceptors (Lipinski definition) is 2. The molecule has 0 aromatic rings. The predicted molar refractivity (Wildman–Crippen MR) is 7.13 cm³/mol. The minimum absolute atomic E-state index is 0. The van der Waals surface area contributed by atoms with Gasteiger partial charge in [-0.25, -0.2) is 0 Å². The van der Waals surface area contributed by atoms with E-state index >= 15 is 0 Å².